The first-order valence-corrected chi connectivity index (χ1v) is 7.29. The Labute approximate surface area is 139 Å². The third kappa shape index (κ3) is 4.72. The highest BCUT2D eigenvalue weighted by Gasteiger charge is 2.07. The van der Waals surface area contributed by atoms with Crippen molar-refractivity contribution in [1.82, 2.24) is 5.43 Å². The van der Waals surface area contributed by atoms with E-state index in [4.69, 9.17) is 21.1 Å². The SMILES string of the molecule is COc1cccc(/C=N/NC(=O)Cc2ccc(Cl)cc2)c1OC. The molecule has 0 spiro atoms. The van der Waals surface area contributed by atoms with Gasteiger partial charge in [-0.3, -0.25) is 4.79 Å². The third-order valence-electron chi connectivity index (χ3n) is 3.10. The average Bonchev–Trinajstić information content (AvgIpc) is 2.56. The highest BCUT2D eigenvalue weighted by Crippen LogP contribution is 2.29. The van der Waals surface area contributed by atoms with Crippen LogP contribution in [0.15, 0.2) is 47.6 Å². The molecule has 0 fully saturated rings. The van der Waals surface area contributed by atoms with Crippen molar-refractivity contribution >= 4 is 23.7 Å². The fourth-order valence-corrected chi connectivity index (χ4v) is 2.14. The van der Waals surface area contributed by atoms with Crippen molar-refractivity contribution in [3.63, 3.8) is 0 Å². The Morgan fingerprint density at radius 2 is 1.91 bits per heavy atom. The van der Waals surface area contributed by atoms with E-state index >= 15 is 0 Å². The zero-order valence-corrected chi connectivity index (χ0v) is 13.6. The van der Waals surface area contributed by atoms with Crippen molar-refractivity contribution in [3.8, 4) is 11.5 Å². The van der Waals surface area contributed by atoms with Crippen LogP contribution in [0.1, 0.15) is 11.1 Å². The number of hydrogen-bond donors (Lipinski definition) is 1. The lowest BCUT2D eigenvalue weighted by molar-refractivity contribution is -0.120. The highest BCUT2D eigenvalue weighted by molar-refractivity contribution is 6.30. The van der Waals surface area contributed by atoms with Crippen LogP contribution in [0.25, 0.3) is 0 Å². The minimum Gasteiger partial charge on any atom is -0.493 e. The van der Waals surface area contributed by atoms with Crippen LogP contribution in [0.5, 0.6) is 11.5 Å². The van der Waals surface area contributed by atoms with Gasteiger partial charge in [-0.25, -0.2) is 5.43 Å². The molecule has 5 nitrogen and oxygen atoms in total. The van der Waals surface area contributed by atoms with Crippen LogP contribution in [0.3, 0.4) is 0 Å². The molecule has 23 heavy (non-hydrogen) atoms. The lowest BCUT2D eigenvalue weighted by atomic mass is 10.1. The first-order chi connectivity index (χ1) is 11.1. The van der Waals surface area contributed by atoms with Gasteiger partial charge in [-0.15, -0.1) is 0 Å². The fourth-order valence-electron chi connectivity index (χ4n) is 2.01. The molecule has 120 valence electrons. The number of rotatable bonds is 6. The predicted molar refractivity (Wildman–Crippen MR) is 90.4 cm³/mol. The van der Waals surface area contributed by atoms with Crippen LogP contribution < -0.4 is 14.9 Å². The van der Waals surface area contributed by atoms with Crippen molar-refractivity contribution < 1.29 is 14.3 Å². The minimum atomic E-state index is -0.217. The number of benzene rings is 2. The third-order valence-corrected chi connectivity index (χ3v) is 3.36. The van der Waals surface area contributed by atoms with Crippen molar-refractivity contribution in [2.45, 2.75) is 6.42 Å². The second-order valence-corrected chi connectivity index (χ2v) is 5.12. The lowest BCUT2D eigenvalue weighted by Crippen LogP contribution is -2.19. The van der Waals surface area contributed by atoms with E-state index in [1.807, 2.05) is 12.1 Å². The molecule has 0 saturated heterocycles. The van der Waals surface area contributed by atoms with Crippen molar-refractivity contribution in [2.75, 3.05) is 14.2 Å². The van der Waals surface area contributed by atoms with Gasteiger partial charge in [-0.1, -0.05) is 29.8 Å². The smallest absolute Gasteiger partial charge is 0.244 e. The van der Waals surface area contributed by atoms with Gasteiger partial charge in [0.1, 0.15) is 0 Å². The van der Waals surface area contributed by atoms with Crippen molar-refractivity contribution in [3.05, 3.63) is 58.6 Å². The number of methoxy groups -OCH3 is 2. The van der Waals surface area contributed by atoms with E-state index in [1.54, 1.807) is 44.6 Å². The van der Waals surface area contributed by atoms with Gasteiger partial charge in [0.25, 0.3) is 0 Å². The van der Waals surface area contributed by atoms with Crippen LogP contribution in [0.2, 0.25) is 5.02 Å². The Kier molecular flexibility index (Phi) is 6.00. The number of halogens is 1. The van der Waals surface area contributed by atoms with Crippen LogP contribution >= 0.6 is 11.6 Å². The van der Waals surface area contributed by atoms with Crippen LogP contribution in [-0.4, -0.2) is 26.3 Å². The second-order valence-electron chi connectivity index (χ2n) is 4.68. The molecule has 0 atom stereocenters. The number of nitrogens with zero attached hydrogens (tertiary/aromatic N) is 1. The number of amides is 1. The Hall–Kier alpha value is -2.53. The zero-order valence-electron chi connectivity index (χ0n) is 12.9. The van der Waals surface area contributed by atoms with Gasteiger partial charge in [-0.05, 0) is 29.8 Å². The molecule has 0 aliphatic rings. The van der Waals surface area contributed by atoms with E-state index in [9.17, 15) is 4.79 Å². The van der Waals surface area contributed by atoms with Crippen LogP contribution in [0.4, 0.5) is 0 Å². The molecular weight excluding hydrogens is 316 g/mol. The standard InChI is InChI=1S/C17H17ClN2O3/c1-22-15-5-3-4-13(17(15)23-2)11-19-20-16(21)10-12-6-8-14(18)9-7-12/h3-9,11H,10H2,1-2H3,(H,20,21)/b19-11+. The number of ether oxygens (including phenoxy) is 2. The maximum Gasteiger partial charge on any atom is 0.244 e. The van der Waals surface area contributed by atoms with E-state index in [0.29, 0.717) is 22.1 Å². The summed E-state index contributed by atoms with van der Waals surface area (Å²) in [4.78, 5) is 11.9. The maximum absolute atomic E-state index is 11.9. The molecule has 0 heterocycles. The number of hydrogen-bond acceptors (Lipinski definition) is 4. The topological polar surface area (TPSA) is 59.9 Å². The zero-order chi connectivity index (χ0) is 16.7. The van der Waals surface area contributed by atoms with Gasteiger partial charge < -0.3 is 9.47 Å². The minimum absolute atomic E-state index is 0.217. The molecule has 2 aromatic rings. The highest BCUT2D eigenvalue weighted by atomic mass is 35.5. The van der Waals surface area contributed by atoms with Gasteiger partial charge in [0.05, 0.1) is 26.9 Å². The molecule has 6 heteroatoms. The molecule has 1 N–H and O–H groups in total. The van der Waals surface area contributed by atoms with E-state index in [0.717, 1.165) is 5.56 Å². The Morgan fingerprint density at radius 1 is 1.17 bits per heavy atom. The van der Waals surface area contributed by atoms with Crippen molar-refractivity contribution in [1.29, 1.82) is 0 Å². The normalized spacial score (nSPS) is 10.6. The molecule has 1 amide bonds. The van der Waals surface area contributed by atoms with Gasteiger partial charge >= 0.3 is 0 Å². The van der Waals surface area contributed by atoms with Gasteiger partial charge in [0.15, 0.2) is 11.5 Å². The number of hydrazone groups is 1. The van der Waals surface area contributed by atoms with Gasteiger partial charge in [-0.2, -0.15) is 5.10 Å². The number of carbonyl (C=O) groups excluding carboxylic acids is 1. The molecule has 0 aliphatic carbocycles. The summed E-state index contributed by atoms with van der Waals surface area (Å²) >= 11 is 5.81. The molecular formula is C17H17ClN2O3. The summed E-state index contributed by atoms with van der Waals surface area (Å²) in [6.07, 6.45) is 1.74. The lowest BCUT2D eigenvalue weighted by Gasteiger charge is -2.09. The van der Waals surface area contributed by atoms with Gasteiger partial charge in [0, 0.05) is 10.6 Å². The summed E-state index contributed by atoms with van der Waals surface area (Å²) in [6, 6.07) is 12.5. The summed E-state index contributed by atoms with van der Waals surface area (Å²) in [5, 5.41) is 4.59. The van der Waals surface area contributed by atoms with Crippen LogP contribution in [0, 0.1) is 0 Å². The summed E-state index contributed by atoms with van der Waals surface area (Å²) in [6.45, 7) is 0. The molecule has 0 bridgehead atoms. The summed E-state index contributed by atoms with van der Waals surface area (Å²) in [7, 11) is 3.11. The molecule has 0 aliphatic heterocycles. The van der Waals surface area contributed by atoms with Crippen LogP contribution in [-0.2, 0) is 11.2 Å². The van der Waals surface area contributed by atoms with E-state index in [1.165, 1.54) is 6.21 Å². The molecule has 0 aromatic heterocycles. The molecule has 0 saturated carbocycles. The van der Waals surface area contributed by atoms with E-state index in [-0.39, 0.29) is 12.3 Å². The predicted octanol–water partition coefficient (Wildman–Crippen LogP) is 3.05. The quantitative estimate of drug-likeness (QED) is 0.653. The monoisotopic (exact) mass is 332 g/mol. The molecule has 0 unspecified atom stereocenters. The fraction of sp³-hybridized carbons (Fsp3) is 0.176. The van der Waals surface area contributed by atoms with E-state index in [2.05, 4.69) is 10.5 Å². The Bertz CT molecular complexity index is 699. The molecule has 2 rings (SSSR count). The average molecular weight is 333 g/mol. The Balaban J connectivity index is 1.98. The first kappa shape index (κ1) is 16.8. The number of carbonyl (C=O) groups is 1. The maximum atomic E-state index is 11.9. The number of nitrogens with one attached hydrogen (secondary N) is 1. The molecule has 0 radical (unpaired) electrons. The Morgan fingerprint density at radius 3 is 2.57 bits per heavy atom. The summed E-state index contributed by atoms with van der Waals surface area (Å²) in [5.41, 5.74) is 4.05. The van der Waals surface area contributed by atoms with E-state index < -0.39 is 0 Å². The number of para-hydroxylation sites is 1. The van der Waals surface area contributed by atoms with Crippen molar-refractivity contribution in [2.24, 2.45) is 5.10 Å². The first-order valence-electron chi connectivity index (χ1n) is 6.91. The summed E-state index contributed by atoms with van der Waals surface area (Å²) in [5.74, 6) is 0.945. The van der Waals surface area contributed by atoms with Gasteiger partial charge in [0.2, 0.25) is 5.91 Å². The summed E-state index contributed by atoms with van der Waals surface area (Å²) < 4.78 is 10.5. The second kappa shape index (κ2) is 8.19. The largest absolute Gasteiger partial charge is 0.493 e. The molecule has 2 aromatic carbocycles.